The summed E-state index contributed by atoms with van der Waals surface area (Å²) in [6, 6.07) is 1.52. The molecule has 9 nitrogen and oxygen atoms in total. The molecule has 0 aromatic carbocycles. The predicted octanol–water partition coefficient (Wildman–Crippen LogP) is 2.53. The molecule has 1 aliphatic heterocycles. The molecule has 0 spiro atoms. The van der Waals surface area contributed by atoms with Gasteiger partial charge in [-0.3, -0.25) is 9.59 Å². The third-order valence-electron chi connectivity index (χ3n) is 5.40. The zero-order valence-electron chi connectivity index (χ0n) is 17.8. The van der Waals surface area contributed by atoms with Crippen molar-refractivity contribution in [3.8, 4) is 0 Å². The Kier molecular flexibility index (Phi) is 5.67. The number of aromatic nitrogens is 3. The van der Waals surface area contributed by atoms with E-state index >= 15 is 0 Å². The molecule has 2 aliphatic rings. The van der Waals surface area contributed by atoms with E-state index in [1.807, 2.05) is 26.8 Å². The summed E-state index contributed by atoms with van der Waals surface area (Å²) in [7, 11) is -3.09. The Balaban J connectivity index is 1.46. The number of carbonyl (C=O) groups is 2. The summed E-state index contributed by atoms with van der Waals surface area (Å²) in [5.74, 6) is 0.450. The molecular formula is C20H27N5O4S2. The van der Waals surface area contributed by atoms with Crippen LogP contribution in [0.5, 0.6) is 0 Å². The van der Waals surface area contributed by atoms with Gasteiger partial charge in [-0.05, 0) is 19.3 Å². The number of nitrogens with zero attached hydrogens (tertiary/aromatic N) is 3. The van der Waals surface area contributed by atoms with Gasteiger partial charge in [-0.1, -0.05) is 20.8 Å². The summed E-state index contributed by atoms with van der Waals surface area (Å²) in [6.07, 6.45) is 2.36. The molecule has 2 aromatic heterocycles. The van der Waals surface area contributed by atoms with Crippen molar-refractivity contribution in [3.05, 3.63) is 22.8 Å². The predicted molar refractivity (Wildman–Crippen MR) is 119 cm³/mol. The van der Waals surface area contributed by atoms with Gasteiger partial charge in [0.25, 0.3) is 0 Å². The minimum atomic E-state index is -3.09. The van der Waals surface area contributed by atoms with Gasteiger partial charge in [0.05, 0.1) is 35.4 Å². The molecule has 0 radical (unpaired) electrons. The monoisotopic (exact) mass is 465 g/mol. The lowest BCUT2D eigenvalue weighted by molar-refractivity contribution is -0.117. The van der Waals surface area contributed by atoms with Crippen LogP contribution in [0.3, 0.4) is 0 Å². The van der Waals surface area contributed by atoms with Crippen LogP contribution in [-0.4, -0.2) is 46.5 Å². The first kappa shape index (κ1) is 21.9. The average molecular weight is 466 g/mol. The van der Waals surface area contributed by atoms with Gasteiger partial charge in [-0.2, -0.15) is 5.10 Å². The van der Waals surface area contributed by atoms with E-state index in [9.17, 15) is 18.0 Å². The van der Waals surface area contributed by atoms with Gasteiger partial charge < -0.3 is 10.6 Å². The molecule has 1 atom stereocenters. The lowest BCUT2D eigenvalue weighted by atomic mass is 9.92. The van der Waals surface area contributed by atoms with Crippen molar-refractivity contribution in [1.29, 1.82) is 0 Å². The van der Waals surface area contributed by atoms with Crippen molar-refractivity contribution in [2.24, 2.45) is 5.92 Å². The van der Waals surface area contributed by atoms with Gasteiger partial charge >= 0.3 is 0 Å². The molecule has 1 aliphatic carbocycles. The zero-order valence-corrected chi connectivity index (χ0v) is 19.5. The second kappa shape index (κ2) is 8.01. The molecule has 1 saturated heterocycles. The number of nitrogens with one attached hydrogen (secondary N) is 2. The van der Waals surface area contributed by atoms with E-state index in [0.29, 0.717) is 23.1 Å². The number of carbonyl (C=O) groups excluding carboxylic acids is 2. The van der Waals surface area contributed by atoms with Gasteiger partial charge in [0.1, 0.15) is 5.82 Å². The van der Waals surface area contributed by atoms with E-state index < -0.39 is 9.84 Å². The normalized spacial score (nSPS) is 20.5. The van der Waals surface area contributed by atoms with Crippen LogP contribution in [0.15, 0.2) is 11.4 Å². The van der Waals surface area contributed by atoms with Crippen LogP contribution in [-0.2, 0) is 31.3 Å². The van der Waals surface area contributed by atoms with E-state index in [0.717, 1.165) is 18.5 Å². The number of sulfone groups is 1. The maximum Gasteiger partial charge on any atom is 0.231 e. The highest BCUT2D eigenvalue weighted by Gasteiger charge is 2.33. The third kappa shape index (κ3) is 5.32. The van der Waals surface area contributed by atoms with Crippen molar-refractivity contribution in [3.63, 3.8) is 0 Å². The van der Waals surface area contributed by atoms with Crippen LogP contribution < -0.4 is 10.6 Å². The molecule has 1 saturated carbocycles. The lowest BCUT2D eigenvalue weighted by Crippen LogP contribution is -2.21. The molecule has 1 unspecified atom stereocenters. The number of hydrogen-bond acceptors (Lipinski definition) is 7. The maximum absolute atomic E-state index is 12.7. The summed E-state index contributed by atoms with van der Waals surface area (Å²) in [5.41, 5.74) is 1.11. The van der Waals surface area contributed by atoms with E-state index in [1.165, 1.54) is 11.3 Å². The van der Waals surface area contributed by atoms with E-state index in [4.69, 9.17) is 0 Å². The fraction of sp³-hybridized carbons (Fsp3) is 0.600. The largest absolute Gasteiger partial charge is 0.311 e. The lowest BCUT2D eigenvalue weighted by Gasteiger charge is -2.15. The quantitative estimate of drug-likeness (QED) is 0.676. The van der Waals surface area contributed by atoms with Crippen LogP contribution in [0.25, 0.3) is 0 Å². The van der Waals surface area contributed by atoms with Crippen molar-refractivity contribution >= 4 is 43.9 Å². The van der Waals surface area contributed by atoms with E-state index in [1.54, 1.807) is 10.1 Å². The second-order valence-electron chi connectivity index (χ2n) is 9.30. The van der Waals surface area contributed by atoms with Crippen molar-refractivity contribution in [2.75, 3.05) is 22.1 Å². The van der Waals surface area contributed by atoms with Gasteiger partial charge in [0.15, 0.2) is 15.0 Å². The molecule has 4 rings (SSSR count). The Bertz CT molecular complexity index is 1110. The van der Waals surface area contributed by atoms with E-state index in [2.05, 4.69) is 20.7 Å². The standard InChI is InChI=1S/C20H27N5O4S2/c1-20(2,3)15-9-16(25(24-15)14-6-7-31(28,29)11-14)22-17(26)8-13-10-30-19(21-13)23-18(27)12-4-5-12/h9-10,12,14H,4-8,11H2,1-3H3,(H,22,26)(H,21,23,27). The molecule has 168 valence electrons. The van der Waals surface area contributed by atoms with Crippen LogP contribution in [0.2, 0.25) is 0 Å². The zero-order chi connectivity index (χ0) is 22.4. The molecule has 2 N–H and O–H groups in total. The molecule has 2 aromatic rings. The summed E-state index contributed by atoms with van der Waals surface area (Å²) < 4.78 is 25.5. The summed E-state index contributed by atoms with van der Waals surface area (Å²) in [6.45, 7) is 6.05. The SMILES string of the molecule is CC(C)(C)c1cc(NC(=O)Cc2csc(NC(=O)C3CC3)n2)n(C2CCS(=O)(=O)C2)n1. The Morgan fingerprint density at radius 1 is 1.23 bits per heavy atom. The van der Waals surface area contributed by atoms with Gasteiger partial charge in [0.2, 0.25) is 11.8 Å². The Morgan fingerprint density at radius 2 is 1.97 bits per heavy atom. The number of anilines is 2. The summed E-state index contributed by atoms with van der Waals surface area (Å²) >= 11 is 1.29. The third-order valence-corrected chi connectivity index (χ3v) is 7.95. The molecule has 0 bridgehead atoms. The number of amides is 2. The van der Waals surface area contributed by atoms with Crippen LogP contribution in [0.1, 0.15) is 57.5 Å². The molecule has 31 heavy (non-hydrogen) atoms. The molecule has 2 amide bonds. The van der Waals surface area contributed by atoms with Crippen LogP contribution >= 0.6 is 11.3 Å². The minimum absolute atomic E-state index is 0.0181. The molecule has 2 fully saturated rings. The maximum atomic E-state index is 12.7. The number of hydrogen-bond donors (Lipinski definition) is 2. The topological polar surface area (TPSA) is 123 Å². The van der Waals surface area contributed by atoms with Crippen molar-refractivity contribution < 1.29 is 18.0 Å². The van der Waals surface area contributed by atoms with Crippen LogP contribution in [0, 0.1) is 5.92 Å². The highest BCUT2D eigenvalue weighted by atomic mass is 32.2. The fourth-order valence-corrected chi connectivity index (χ4v) is 5.86. The number of rotatable bonds is 6. The van der Waals surface area contributed by atoms with Crippen molar-refractivity contribution in [2.45, 2.75) is 57.9 Å². The first-order valence-electron chi connectivity index (χ1n) is 10.4. The summed E-state index contributed by atoms with van der Waals surface area (Å²) in [4.78, 5) is 28.9. The van der Waals surface area contributed by atoms with Gasteiger partial charge in [-0.15, -0.1) is 11.3 Å². The highest BCUT2D eigenvalue weighted by molar-refractivity contribution is 7.91. The average Bonchev–Trinajstić information content (AvgIpc) is 3.13. The Hall–Kier alpha value is -2.27. The van der Waals surface area contributed by atoms with Crippen LogP contribution in [0.4, 0.5) is 10.9 Å². The first-order chi connectivity index (χ1) is 14.5. The Labute approximate surface area is 185 Å². The van der Waals surface area contributed by atoms with Crippen molar-refractivity contribution in [1.82, 2.24) is 14.8 Å². The highest BCUT2D eigenvalue weighted by Crippen LogP contribution is 2.32. The molecular weight excluding hydrogens is 438 g/mol. The number of thiazole rings is 1. The van der Waals surface area contributed by atoms with Gasteiger partial charge in [0, 0.05) is 22.8 Å². The van der Waals surface area contributed by atoms with E-state index in [-0.39, 0.29) is 47.1 Å². The van der Waals surface area contributed by atoms with Gasteiger partial charge in [-0.25, -0.2) is 18.1 Å². The smallest absolute Gasteiger partial charge is 0.231 e. The fourth-order valence-electron chi connectivity index (χ4n) is 3.45. The summed E-state index contributed by atoms with van der Waals surface area (Å²) in [5, 5.41) is 12.5. The first-order valence-corrected chi connectivity index (χ1v) is 13.1. The minimum Gasteiger partial charge on any atom is -0.311 e. The molecule has 3 heterocycles. The second-order valence-corrected chi connectivity index (χ2v) is 12.4. The Morgan fingerprint density at radius 3 is 2.58 bits per heavy atom. The molecule has 11 heteroatoms.